The molecular formula is C28H27ClN4O2S. The molecule has 0 radical (unpaired) electrons. The van der Waals surface area contributed by atoms with Gasteiger partial charge >= 0.3 is 0 Å². The van der Waals surface area contributed by atoms with Gasteiger partial charge < -0.3 is 24.3 Å². The molecule has 1 N–H and O–H groups in total. The number of nitrogens with one attached hydrogen (secondary N) is 1. The van der Waals surface area contributed by atoms with E-state index in [0.717, 1.165) is 45.5 Å². The van der Waals surface area contributed by atoms with Crippen LogP contribution in [-0.4, -0.2) is 28.9 Å². The van der Waals surface area contributed by atoms with E-state index in [9.17, 15) is 0 Å². The third-order valence-electron chi connectivity index (χ3n) is 6.61. The van der Waals surface area contributed by atoms with E-state index in [0.29, 0.717) is 10.1 Å². The standard InChI is InChI=1S/C28H27ClN4O2S/c1-17-15-20(18(2)32(17)23-16-19(29)12-13-25(23)35-4)27-26(21-9-7-8-14-30-21)31-28(36)33(27)22-10-5-6-11-24(22)34-3/h5-16,26-27H,1-4H3,(H,31,36)/t26-,27+/m1/s1. The molecule has 184 valence electrons. The molecule has 1 aliphatic heterocycles. The van der Waals surface area contributed by atoms with Crippen molar-refractivity contribution in [3.63, 3.8) is 0 Å². The van der Waals surface area contributed by atoms with Crippen LogP contribution in [-0.2, 0) is 0 Å². The summed E-state index contributed by atoms with van der Waals surface area (Å²) in [5.74, 6) is 1.49. The van der Waals surface area contributed by atoms with Crippen LogP contribution in [0.15, 0.2) is 72.9 Å². The van der Waals surface area contributed by atoms with Gasteiger partial charge in [0.2, 0.25) is 0 Å². The Morgan fingerprint density at radius 3 is 2.36 bits per heavy atom. The molecular weight excluding hydrogens is 492 g/mol. The fraction of sp³-hybridized carbons (Fsp3) is 0.214. The van der Waals surface area contributed by atoms with Gasteiger partial charge in [-0.2, -0.15) is 0 Å². The summed E-state index contributed by atoms with van der Waals surface area (Å²) in [6, 6.07) is 21.4. The molecule has 1 saturated heterocycles. The first-order valence-corrected chi connectivity index (χ1v) is 12.4. The normalized spacial score (nSPS) is 17.2. The molecule has 1 aliphatic rings. The van der Waals surface area contributed by atoms with Crippen LogP contribution in [0.1, 0.15) is 34.7 Å². The number of benzene rings is 2. The number of ether oxygens (including phenoxy) is 2. The predicted molar refractivity (Wildman–Crippen MR) is 148 cm³/mol. The highest BCUT2D eigenvalue weighted by atomic mass is 35.5. The smallest absolute Gasteiger partial charge is 0.174 e. The van der Waals surface area contributed by atoms with E-state index < -0.39 is 0 Å². The average molecular weight is 519 g/mol. The maximum absolute atomic E-state index is 6.39. The largest absolute Gasteiger partial charge is 0.495 e. The Kier molecular flexibility index (Phi) is 6.60. The Morgan fingerprint density at radius 1 is 0.917 bits per heavy atom. The molecule has 0 spiro atoms. The summed E-state index contributed by atoms with van der Waals surface area (Å²) < 4.78 is 13.6. The Hall–Kier alpha value is -3.55. The number of rotatable bonds is 6. The van der Waals surface area contributed by atoms with Gasteiger partial charge in [-0.3, -0.25) is 4.98 Å². The molecule has 2 aromatic carbocycles. The van der Waals surface area contributed by atoms with E-state index in [2.05, 4.69) is 39.7 Å². The number of nitrogens with zero attached hydrogens (tertiary/aromatic N) is 3. The number of methoxy groups -OCH3 is 2. The molecule has 0 bridgehead atoms. The number of anilines is 1. The maximum atomic E-state index is 6.39. The van der Waals surface area contributed by atoms with Crippen molar-refractivity contribution in [1.29, 1.82) is 0 Å². The van der Waals surface area contributed by atoms with Gasteiger partial charge in [0, 0.05) is 22.6 Å². The van der Waals surface area contributed by atoms with Crippen LogP contribution >= 0.6 is 23.8 Å². The van der Waals surface area contributed by atoms with Crippen molar-refractivity contribution in [3.05, 3.63) is 101 Å². The number of para-hydroxylation sites is 2. The van der Waals surface area contributed by atoms with Crippen LogP contribution in [0.2, 0.25) is 5.02 Å². The predicted octanol–water partition coefficient (Wildman–Crippen LogP) is 6.34. The van der Waals surface area contributed by atoms with E-state index in [1.807, 2.05) is 66.9 Å². The Morgan fingerprint density at radius 2 is 1.64 bits per heavy atom. The number of pyridine rings is 1. The molecule has 2 atom stereocenters. The summed E-state index contributed by atoms with van der Waals surface area (Å²) in [6.45, 7) is 4.20. The van der Waals surface area contributed by atoms with E-state index in [-0.39, 0.29) is 12.1 Å². The number of aryl methyl sites for hydroxylation is 1. The fourth-order valence-corrected chi connectivity index (χ4v) is 5.56. The van der Waals surface area contributed by atoms with Gasteiger partial charge in [0.05, 0.1) is 43.4 Å². The number of thiocarbonyl (C=S) groups is 1. The Balaban J connectivity index is 1.72. The average Bonchev–Trinajstić information content (AvgIpc) is 3.39. The minimum atomic E-state index is -0.172. The lowest BCUT2D eigenvalue weighted by Gasteiger charge is -2.29. The quantitative estimate of drug-likeness (QED) is 0.301. The van der Waals surface area contributed by atoms with Crippen molar-refractivity contribution in [2.45, 2.75) is 25.9 Å². The lowest BCUT2D eigenvalue weighted by atomic mass is 9.96. The first kappa shape index (κ1) is 24.2. The summed E-state index contributed by atoms with van der Waals surface area (Å²) in [7, 11) is 3.34. The van der Waals surface area contributed by atoms with Gasteiger partial charge in [-0.15, -0.1) is 0 Å². The second kappa shape index (κ2) is 9.84. The number of hydrogen-bond donors (Lipinski definition) is 1. The van der Waals surface area contributed by atoms with Crippen LogP contribution in [0.4, 0.5) is 5.69 Å². The van der Waals surface area contributed by atoms with E-state index >= 15 is 0 Å². The minimum Gasteiger partial charge on any atom is -0.495 e. The third-order valence-corrected chi connectivity index (χ3v) is 7.16. The topological polar surface area (TPSA) is 51.5 Å². The van der Waals surface area contributed by atoms with Gasteiger partial charge in [0.25, 0.3) is 0 Å². The van der Waals surface area contributed by atoms with Gasteiger partial charge in [-0.25, -0.2) is 0 Å². The van der Waals surface area contributed by atoms with Crippen molar-refractivity contribution in [3.8, 4) is 17.2 Å². The Bertz CT molecular complexity index is 1420. The highest BCUT2D eigenvalue weighted by molar-refractivity contribution is 7.80. The van der Waals surface area contributed by atoms with Crippen LogP contribution < -0.4 is 19.7 Å². The lowest BCUT2D eigenvalue weighted by molar-refractivity contribution is 0.412. The molecule has 36 heavy (non-hydrogen) atoms. The second-order valence-corrected chi connectivity index (χ2v) is 9.47. The molecule has 5 rings (SSSR count). The molecule has 0 amide bonds. The van der Waals surface area contributed by atoms with Gasteiger partial charge in [-0.05, 0) is 80.2 Å². The number of halogens is 1. The van der Waals surface area contributed by atoms with Crippen LogP contribution in [0.3, 0.4) is 0 Å². The van der Waals surface area contributed by atoms with E-state index in [4.69, 9.17) is 33.3 Å². The lowest BCUT2D eigenvalue weighted by Crippen LogP contribution is -2.30. The van der Waals surface area contributed by atoms with Gasteiger partial charge in [-0.1, -0.05) is 29.8 Å². The second-order valence-electron chi connectivity index (χ2n) is 8.65. The maximum Gasteiger partial charge on any atom is 0.174 e. The molecule has 8 heteroatoms. The summed E-state index contributed by atoms with van der Waals surface area (Å²) in [4.78, 5) is 6.81. The van der Waals surface area contributed by atoms with Crippen LogP contribution in [0.25, 0.3) is 5.69 Å². The van der Waals surface area contributed by atoms with Crippen molar-refractivity contribution < 1.29 is 9.47 Å². The monoisotopic (exact) mass is 518 g/mol. The number of hydrogen-bond acceptors (Lipinski definition) is 4. The van der Waals surface area contributed by atoms with Crippen molar-refractivity contribution in [1.82, 2.24) is 14.9 Å². The minimum absolute atomic E-state index is 0.168. The van der Waals surface area contributed by atoms with Crippen molar-refractivity contribution >= 4 is 34.6 Å². The van der Waals surface area contributed by atoms with Gasteiger partial charge in [0.15, 0.2) is 5.11 Å². The molecule has 0 saturated carbocycles. The van der Waals surface area contributed by atoms with Crippen molar-refractivity contribution in [2.75, 3.05) is 19.1 Å². The molecule has 2 aromatic heterocycles. The molecule has 4 aromatic rings. The zero-order chi connectivity index (χ0) is 25.4. The SMILES string of the molecule is COc1ccccc1N1C(=S)N[C@H](c2ccccn2)[C@@H]1c1cc(C)n(-c2cc(Cl)ccc2OC)c1C. The zero-order valence-electron chi connectivity index (χ0n) is 20.5. The number of aromatic nitrogens is 2. The fourth-order valence-electron chi connectivity index (χ4n) is 5.05. The Labute approximate surface area is 221 Å². The van der Waals surface area contributed by atoms with Crippen LogP contribution in [0, 0.1) is 13.8 Å². The summed E-state index contributed by atoms with van der Waals surface area (Å²) >= 11 is 12.3. The highest BCUT2D eigenvalue weighted by Crippen LogP contribution is 2.46. The molecule has 0 unspecified atom stereocenters. The van der Waals surface area contributed by atoms with Gasteiger partial charge in [0.1, 0.15) is 11.5 Å². The molecule has 3 heterocycles. The highest BCUT2D eigenvalue weighted by Gasteiger charge is 2.43. The third kappa shape index (κ3) is 4.08. The van der Waals surface area contributed by atoms with E-state index in [1.165, 1.54) is 0 Å². The summed E-state index contributed by atoms with van der Waals surface area (Å²) in [5, 5.41) is 4.79. The first-order valence-electron chi connectivity index (χ1n) is 11.6. The van der Waals surface area contributed by atoms with Crippen molar-refractivity contribution in [2.24, 2.45) is 0 Å². The summed E-state index contributed by atoms with van der Waals surface area (Å²) in [6.07, 6.45) is 1.81. The zero-order valence-corrected chi connectivity index (χ0v) is 22.1. The van der Waals surface area contributed by atoms with Crippen LogP contribution in [0.5, 0.6) is 11.5 Å². The van der Waals surface area contributed by atoms with E-state index in [1.54, 1.807) is 14.2 Å². The molecule has 0 aliphatic carbocycles. The summed E-state index contributed by atoms with van der Waals surface area (Å²) in [5.41, 5.74) is 5.92. The molecule has 6 nitrogen and oxygen atoms in total. The first-order chi connectivity index (χ1) is 17.4. The molecule has 1 fully saturated rings.